The zero-order valence-corrected chi connectivity index (χ0v) is 14.0. The van der Waals surface area contributed by atoms with Crippen molar-refractivity contribution in [3.8, 4) is 0 Å². The molecule has 1 amide bonds. The van der Waals surface area contributed by atoms with Crippen LogP contribution in [-0.2, 0) is 4.79 Å². The molecule has 1 heterocycles. The molecule has 1 aliphatic carbocycles. The van der Waals surface area contributed by atoms with Crippen LogP contribution in [0, 0.1) is 11.8 Å². The van der Waals surface area contributed by atoms with Gasteiger partial charge in [0.1, 0.15) is 5.54 Å². The molecule has 0 spiro atoms. The number of hydrogen-bond donors (Lipinski definition) is 2. The van der Waals surface area contributed by atoms with Crippen LogP contribution >= 0.6 is 0 Å². The quantitative estimate of drug-likeness (QED) is 0.789. The molecule has 1 saturated heterocycles. The number of amides is 1. The van der Waals surface area contributed by atoms with Crippen molar-refractivity contribution in [3.63, 3.8) is 0 Å². The summed E-state index contributed by atoms with van der Waals surface area (Å²) >= 11 is 0. The fraction of sp³-hybridized carbons (Fsp3) is 0.941. The lowest BCUT2D eigenvalue weighted by Crippen LogP contribution is -2.60. The highest BCUT2D eigenvalue weighted by Gasteiger charge is 2.47. The molecule has 2 aliphatic rings. The predicted molar refractivity (Wildman–Crippen MR) is 87.0 cm³/mol. The zero-order chi connectivity index (χ0) is 15.5. The summed E-state index contributed by atoms with van der Waals surface area (Å²) < 4.78 is 0. The topological polar surface area (TPSA) is 58.4 Å². The normalized spacial score (nSPS) is 34.5. The van der Waals surface area contributed by atoms with E-state index in [-0.39, 0.29) is 5.91 Å². The Morgan fingerprint density at radius 1 is 1.38 bits per heavy atom. The van der Waals surface area contributed by atoms with E-state index in [0.717, 1.165) is 38.1 Å². The number of nitrogens with two attached hydrogens (primary N) is 1. The van der Waals surface area contributed by atoms with Crippen molar-refractivity contribution >= 4 is 5.91 Å². The van der Waals surface area contributed by atoms with Gasteiger partial charge in [-0.25, -0.2) is 0 Å². The SMILES string of the molecule is CC1CCCN(CCC2CCCC2(NC(C)C)C(N)=O)C1. The van der Waals surface area contributed by atoms with E-state index in [2.05, 4.69) is 31.0 Å². The van der Waals surface area contributed by atoms with Gasteiger partial charge in [-0.05, 0) is 70.9 Å². The summed E-state index contributed by atoms with van der Waals surface area (Å²) in [7, 11) is 0. The van der Waals surface area contributed by atoms with Gasteiger partial charge in [0.25, 0.3) is 0 Å². The first kappa shape index (κ1) is 16.8. The van der Waals surface area contributed by atoms with Gasteiger partial charge in [0.2, 0.25) is 5.91 Å². The summed E-state index contributed by atoms with van der Waals surface area (Å²) in [5.74, 6) is 1.07. The van der Waals surface area contributed by atoms with Crippen molar-refractivity contribution in [2.75, 3.05) is 19.6 Å². The standard InChI is InChI=1S/C17H33N3O/c1-13(2)19-17(16(18)21)9-4-7-15(17)8-11-20-10-5-6-14(3)12-20/h13-15,19H,4-12H2,1-3H3,(H2,18,21). The number of nitrogens with one attached hydrogen (secondary N) is 1. The third kappa shape index (κ3) is 3.98. The lowest BCUT2D eigenvalue weighted by atomic mass is 9.83. The van der Waals surface area contributed by atoms with E-state index in [1.807, 2.05) is 0 Å². The van der Waals surface area contributed by atoms with Gasteiger partial charge >= 0.3 is 0 Å². The molecule has 3 atom stereocenters. The molecule has 122 valence electrons. The van der Waals surface area contributed by atoms with Crippen molar-refractivity contribution in [2.45, 2.75) is 70.9 Å². The van der Waals surface area contributed by atoms with Crippen molar-refractivity contribution in [3.05, 3.63) is 0 Å². The smallest absolute Gasteiger partial charge is 0.238 e. The van der Waals surface area contributed by atoms with Crippen LogP contribution in [0.5, 0.6) is 0 Å². The molecule has 3 N–H and O–H groups in total. The van der Waals surface area contributed by atoms with Gasteiger partial charge in [0.05, 0.1) is 0 Å². The number of hydrogen-bond acceptors (Lipinski definition) is 3. The maximum Gasteiger partial charge on any atom is 0.238 e. The fourth-order valence-electron chi connectivity index (χ4n) is 4.40. The number of likely N-dealkylation sites (tertiary alicyclic amines) is 1. The summed E-state index contributed by atoms with van der Waals surface area (Å²) in [5.41, 5.74) is 5.32. The first-order valence-electron chi connectivity index (χ1n) is 8.74. The highest BCUT2D eigenvalue weighted by molar-refractivity contribution is 5.85. The van der Waals surface area contributed by atoms with Gasteiger partial charge in [0.15, 0.2) is 0 Å². The fourth-order valence-corrected chi connectivity index (χ4v) is 4.40. The molecule has 1 saturated carbocycles. The van der Waals surface area contributed by atoms with Crippen LogP contribution in [0.4, 0.5) is 0 Å². The molecule has 0 aromatic rings. The average Bonchev–Trinajstić information content (AvgIpc) is 2.80. The van der Waals surface area contributed by atoms with E-state index in [9.17, 15) is 4.79 Å². The van der Waals surface area contributed by atoms with Crippen molar-refractivity contribution in [1.82, 2.24) is 10.2 Å². The van der Waals surface area contributed by atoms with Gasteiger partial charge in [-0.3, -0.25) is 4.79 Å². The van der Waals surface area contributed by atoms with Gasteiger partial charge in [0, 0.05) is 12.6 Å². The van der Waals surface area contributed by atoms with Crippen molar-refractivity contribution < 1.29 is 4.79 Å². The van der Waals surface area contributed by atoms with Gasteiger partial charge in [-0.15, -0.1) is 0 Å². The zero-order valence-electron chi connectivity index (χ0n) is 14.0. The van der Waals surface area contributed by atoms with E-state index in [1.54, 1.807) is 0 Å². The van der Waals surface area contributed by atoms with Crippen LogP contribution in [-0.4, -0.2) is 42.0 Å². The van der Waals surface area contributed by atoms with E-state index < -0.39 is 5.54 Å². The van der Waals surface area contributed by atoms with Crippen LogP contribution < -0.4 is 11.1 Å². The van der Waals surface area contributed by atoms with Gasteiger partial charge < -0.3 is 16.0 Å². The van der Waals surface area contributed by atoms with Crippen LogP contribution in [0.1, 0.15) is 59.3 Å². The number of primary amides is 1. The Hall–Kier alpha value is -0.610. The Morgan fingerprint density at radius 3 is 2.76 bits per heavy atom. The minimum absolute atomic E-state index is 0.147. The minimum Gasteiger partial charge on any atom is -0.368 e. The minimum atomic E-state index is -0.463. The molecule has 1 aliphatic heterocycles. The van der Waals surface area contributed by atoms with Crippen LogP contribution in [0.2, 0.25) is 0 Å². The Bertz CT molecular complexity index is 358. The highest BCUT2D eigenvalue weighted by Crippen LogP contribution is 2.38. The van der Waals surface area contributed by atoms with Crippen LogP contribution in [0.25, 0.3) is 0 Å². The highest BCUT2D eigenvalue weighted by atomic mass is 16.1. The Labute approximate surface area is 129 Å². The average molecular weight is 295 g/mol. The second-order valence-electron chi connectivity index (χ2n) is 7.56. The molecule has 0 radical (unpaired) electrons. The number of nitrogens with zero attached hydrogens (tertiary/aromatic N) is 1. The molecule has 0 aromatic carbocycles. The number of carbonyl (C=O) groups is 1. The third-order valence-corrected chi connectivity index (χ3v) is 5.34. The molecular weight excluding hydrogens is 262 g/mol. The number of carbonyl (C=O) groups excluding carboxylic acids is 1. The first-order chi connectivity index (χ1) is 9.94. The molecule has 2 rings (SSSR count). The monoisotopic (exact) mass is 295 g/mol. The number of rotatable bonds is 6. The van der Waals surface area contributed by atoms with E-state index >= 15 is 0 Å². The molecule has 4 nitrogen and oxygen atoms in total. The van der Waals surface area contributed by atoms with E-state index in [0.29, 0.717) is 12.0 Å². The van der Waals surface area contributed by atoms with Crippen LogP contribution in [0.3, 0.4) is 0 Å². The van der Waals surface area contributed by atoms with Gasteiger partial charge in [-0.2, -0.15) is 0 Å². The summed E-state index contributed by atoms with van der Waals surface area (Å²) in [5, 5.41) is 3.51. The third-order valence-electron chi connectivity index (χ3n) is 5.34. The predicted octanol–water partition coefficient (Wildman–Crippen LogP) is 2.13. The molecule has 0 bridgehead atoms. The lowest BCUT2D eigenvalue weighted by molar-refractivity contribution is -0.126. The van der Waals surface area contributed by atoms with Crippen molar-refractivity contribution in [1.29, 1.82) is 0 Å². The summed E-state index contributed by atoms with van der Waals surface area (Å²) in [6, 6.07) is 0.299. The Kier molecular flexibility index (Phi) is 5.67. The maximum absolute atomic E-state index is 12.1. The largest absolute Gasteiger partial charge is 0.368 e. The van der Waals surface area contributed by atoms with Crippen molar-refractivity contribution in [2.24, 2.45) is 17.6 Å². The lowest BCUT2D eigenvalue weighted by Gasteiger charge is -2.37. The maximum atomic E-state index is 12.1. The van der Waals surface area contributed by atoms with E-state index in [1.165, 1.54) is 25.9 Å². The number of piperidine rings is 1. The summed E-state index contributed by atoms with van der Waals surface area (Å²) in [6.07, 6.45) is 6.92. The Morgan fingerprint density at radius 2 is 2.14 bits per heavy atom. The molecule has 0 aromatic heterocycles. The molecule has 3 unspecified atom stereocenters. The second-order valence-corrected chi connectivity index (χ2v) is 7.56. The molecule has 4 heteroatoms. The molecule has 2 fully saturated rings. The van der Waals surface area contributed by atoms with Gasteiger partial charge in [-0.1, -0.05) is 13.3 Å². The summed E-state index contributed by atoms with van der Waals surface area (Å²) in [6.45, 7) is 10.1. The molecular formula is C17H33N3O. The van der Waals surface area contributed by atoms with E-state index in [4.69, 9.17) is 5.73 Å². The first-order valence-corrected chi connectivity index (χ1v) is 8.74. The summed E-state index contributed by atoms with van der Waals surface area (Å²) in [4.78, 5) is 14.7. The second kappa shape index (κ2) is 7.10. The van der Waals surface area contributed by atoms with Crippen LogP contribution in [0.15, 0.2) is 0 Å². The molecule has 21 heavy (non-hydrogen) atoms. The Balaban J connectivity index is 1.95.